The molecule has 0 bridgehead atoms. The molecule has 1 aromatic rings. The van der Waals surface area contributed by atoms with Gasteiger partial charge >= 0.3 is 6.03 Å². The fourth-order valence-electron chi connectivity index (χ4n) is 3.95. The number of piperazine rings is 1. The molecular weight excluding hydrogens is 410 g/mol. The smallest absolute Gasteiger partial charge is 0.317 e. The van der Waals surface area contributed by atoms with E-state index in [2.05, 4.69) is 16.0 Å². The summed E-state index contributed by atoms with van der Waals surface area (Å²) in [5, 5.41) is 19.3. The van der Waals surface area contributed by atoms with Gasteiger partial charge in [-0.05, 0) is 37.0 Å². The summed E-state index contributed by atoms with van der Waals surface area (Å²) in [5.41, 5.74) is 0.267. The quantitative estimate of drug-likeness (QED) is 0.473. The highest BCUT2D eigenvalue weighted by atomic mass is 19.1. The van der Waals surface area contributed by atoms with Crippen molar-refractivity contribution in [3.63, 3.8) is 0 Å². The molecule has 31 heavy (non-hydrogen) atoms. The van der Waals surface area contributed by atoms with Crippen LogP contribution in [0.1, 0.15) is 25.3 Å². The summed E-state index contributed by atoms with van der Waals surface area (Å²) in [5.74, 6) is -1.89. The van der Waals surface area contributed by atoms with E-state index in [0.717, 1.165) is 24.6 Å². The minimum absolute atomic E-state index is 0.0443. The number of aliphatic hydroxyl groups is 1. The summed E-state index contributed by atoms with van der Waals surface area (Å²) >= 11 is 0. The number of carbonyl (C=O) groups is 2. The van der Waals surface area contributed by atoms with Gasteiger partial charge in [0.25, 0.3) is 0 Å². The van der Waals surface area contributed by atoms with Crippen LogP contribution in [0.3, 0.4) is 0 Å². The van der Waals surface area contributed by atoms with Crippen molar-refractivity contribution in [2.45, 2.75) is 50.5 Å². The lowest BCUT2D eigenvalue weighted by atomic mass is 9.95. The number of amides is 3. The van der Waals surface area contributed by atoms with Crippen molar-refractivity contribution < 1.29 is 28.2 Å². The minimum atomic E-state index is -1.30. The van der Waals surface area contributed by atoms with E-state index in [9.17, 15) is 23.5 Å². The summed E-state index contributed by atoms with van der Waals surface area (Å²) in [7, 11) is 0. The number of benzene rings is 1. The first-order valence-corrected chi connectivity index (χ1v) is 10.7. The molecule has 3 amide bonds. The zero-order valence-electron chi connectivity index (χ0n) is 17.6. The fourth-order valence-corrected chi connectivity index (χ4v) is 3.95. The third kappa shape index (κ3) is 6.34. The summed E-state index contributed by atoms with van der Waals surface area (Å²) < 4.78 is 33.0. The summed E-state index contributed by atoms with van der Waals surface area (Å²) in [4.78, 5) is 26.6. The molecule has 172 valence electrons. The molecule has 0 radical (unpaired) electrons. The average Bonchev–Trinajstić information content (AvgIpc) is 3.20. The Labute approximate surface area is 180 Å². The molecule has 0 unspecified atom stereocenters. The zero-order chi connectivity index (χ0) is 22.4. The van der Waals surface area contributed by atoms with Gasteiger partial charge in [-0.2, -0.15) is 0 Å². The van der Waals surface area contributed by atoms with Crippen LogP contribution in [-0.2, 0) is 16.0 Å². The van der Waals surface area contributed by atoms with Crippen molar-refractivity contribution in [1.82, 2.24) is 20.9 Å². The number of aliphatic hydroxyl groups excluding tert-OH is 1. The topological polar surface area (TPSA) is 103 Å². The molecule has 10 heteroatoms. The van der Waals surface area contributed by atoms with Crippen LogP contribution in [0.5, 0.6) is 0 Å². The molecule has 8 nitrogen and oxygen atoms in total. The van der Waals surface area contributed by atoms with Crippen molar-refractivity contribution >= 4 is 11.9 Å². The van der Waals surface area contributed by atoms with Gasteiger partial charge in [0, 0.05) is 38.9 Å². The number of hydrogen-bond acceptors (Lipinski definition) is 5. The molecule has 2 heterocycles. The van der Waals surface area contributed by atoms with Gasteiger partial charge in [0.2, 0.25) is 5.91 Å². The molecule has 2 saturated heterocycles. The Morgan fingerprint density at radius 3 is 2.74 bits per heavy atom. The third-order valence-corrected chi connectivity index (χ3v) is 5.50. The molecule has 4 N–H and O–H groups in total. The molecule has 4 atom stereocenters. The van der Waals surface area contributed by atoms with Crippen LogP contribution in [0.2, 0.25) is 0 Å². The Hall–Kier alpha value is -2.30. The maximum Gasteiger partial charge on any atom is 0.317 e. The first-order chi connectivity index (χ1) is 14.9. The second kappa shape index (κ2) is 10.8. The number of urea groups is 1. The van der Waals surface area contributed by atoms with Crippen LogP contribution in [-0.4, -0.2) is 79.0 Å². The van der Waals surface area contributed by atoms with Gasteiger partial charge in [-0.15, -0.1) is 0 Å². The first-order valence-electron chi connectivity index (χ1n) is 10.7. The number of halogens is 2. The second-order valence-electron chi connectivity index (χ2n) is 7.98. The molecule has 0 aromatic heterocycles. The summed E-state index contributed by atoms with van der Waals surface area (Å²) in [6.45, 7) is 4.45. The van der Waals surface area contributed by atoms with Crippen LogP contribution >= 0.6 is 0 Å². The Bertz CT molecular complexity index is 761. The van der Waals surface area contributed by atoms with E-state index in [-0.39, 0.29) is 18.1 Å². The fraction of sp³-hybridized carbons (Fsp3) is 0.619. The van der Waals surface area contributed by atoms with Gasteiger partial charge in [0.15, 0.2) is 0 Å². The molecule has 3 rings (SSSR count). The number of carbonyl (C=O) groups excluding carboxylic acids is 2. The van der Waals surface area contributed by atoms with Gasteiger partial charge in [0.1, 0.15) is 17.7 Å². The Morgan fingerprint density at radius 2 is 2.06 bits per heavy atom. The average molecular weight is 440 g/mol. The van der Waals surface area contributed by atoms with E-state index in [1.807, 2.05) is 6.92 Å². The number of ether oxygens (including phenoxy) is 1. The molecule has 0 saturated carbocycles. The van der Waals surface area contributed by atoms with Crippen molar-refractivity contribution in [3.05, 3.63) is 35.4 Å². The Kier molecular flexibility index (Phi) is 8.16. The molecule has 0 spiro atoms. The highest BCUT2D eigenvalue weighted by Gasteiger charge is 2.37. The second-order valence-corrected chi connectivity index (χ2v) is 7.98. The maximum absolute atomic E-state index is 13.7. The van der Waals surface area contributed by atoms with E-state index in [1.165, 1.54) is 0 Å². The van der Waals surface area contributed by atoms with E-state index in [1.54, 1.807) is 4.90 Å². The maximum atomic E-state index is 13.7. The number of nitrogens with zero attached hydrogens (tertiary/aromatic N) is 1. The lowest BCUT2D eigenvalue weighted by Gasteiger charge is -2.33. The van der Waals surface area contributed by atoms with Crippen molar-refractivity contribution in [1.29, 1.82) is 0 Å². The SMILES string of the molecule is CCCO[C@@H]1CCN(C(=O)N[C@@H](Cc2cc(F)cc(F)c2)[C@H](O)[C@@H]2NCCNC2=O)C1. The van der Waals surface area contributed by atoms with Crippen LogP contribution in [0, 0.1) is 11.6 Å². The number of hydrogen-bond donors (Lipinski definition) is 4. The minimum Gasteiger partial charge on any atom is -0.389 e. The lowest BCUT2D eigenvalue weighted by molar-refractivity contribution is -0.127. The van der Waals surface area contributed by atoms with E-state index in [4.69, 9.17) is 4.74 Å². The molecule has 2 fully saturated rings. The molecule has 1 aromatic carbocycles. The third-order valence-electron chi connectivity index (χ3n) is 5.50. The highest BCUT2D eigenvalue weighted by molar-refractivity contribution is 5.83. The van der Waals surface area contributed by atoms with Gasteiger partial charge in [-0.25, -0.2) is 13.6 Å². The molecule has 2 aliphatic heterocycles. The molecule has 0 aliphatic carbocycles. The number of likely N-dealkylation sites (tertiary alicyclic amines) is 1. The zero-order valence-corrected chi connectivity index (χ0v) is 17.6. The van der Waals surface area contributed by atoms with Crippen molar-refractivity contribution in [2.24, 2.45) is 0 Å². The van der Waals surface area contributed by atoms with Gasteiger partial charge < -0.3 is 30.7 Å². The van der Waals surface area contributed by atoms with Crippen LogP contribution in [0.25, 0.3) is 0 Å². The van der Waals surface area contributed by atoms with E-state index < -0.39 is 41.8 Å². The van der Waals surface area contributed by atoms with Crippen LogP contribution < -0.4 is 16.0 Å². The van der Waals surface area contributed by atoms with Gasteiger partial charge in [-0.1, -0.05) is 6.92 Å². The van der Waals surface area contributed by atoms with E-state index in [0.29, 0.717) is 39.2 Å². The monoisotopic (exact) mass is 440 g/mol. The van der Waals surface area contributed by atoms with Gasteiger partial charge in [0.05, 0.1) is 18.2 Å². The van der Waals surface area contributed by atoms with Gasteiger partial charge in [-0.3, -0.25) is 4.79 Å². The van der Waals surface area contributed by atoms with Crippen molar-refractivity contribution in [3.8, 4) is 0 Å². The van der Waals surface area contributed by atoms with E-state index >= 15 is 0 Å². The van der Waals surface area contributed by atoms with Crippen LogP contribution in [0.15, 0.2) is 18.2 Å². The number of nitrogens with one attached hydrogen (secondary N) is 3. The predicted octanol–water partition coefficient (Wildman–Crippen LogP) is 0.535. The highest BCUT2D eigenvalue weighted by Crippen LogP contribution is 2.17. The Balaban J connectivity index is 1.72. The normalized spacial score (nSPS) is 23.4. The number of rotatable bonds is 8. The molecule has 2 aliphatic rings. The van der Waals surface area contributed by atoms with Crippen LogP contribution in [0.4, 0.5) is 13.6 Å². The largest absolute Gasteiger partial charge is 0.389 e. The Morgan fingerprint density at radius 1 is 1.32 bits per heavy atom. The van der Waals surface area contributed by atoms with Crippen molar-refractivity contribution in [2.75, 3.05) is 32.8 Å². The standard InChI is InChI=1S/C21H30F2N4O4/c1-2-7-31-16-3-6-27(12-16)21(30)26-17(10-13-8-14(22)11-15(23)9-13)19(28)18-20(29)25-5-4-24-18/h8-9,11,16-19,24,28H,2-7,10,12H2,1H3,(H,25,29)(H,26,30)/t16-,17+,18+,19+/m1/s1. The summed E-state index contributed by atoms with van der Waals surface area (Å²) in [6.07, 6.45) is 0.207. The summed E-state index contributed by atoms with van der Waals surface area (Å²) in [6, 6.07) is 0.744. The first kappa shape index (κ1) is 23.4. The molecular formula is C21H30F2N4O4. The predicted molar refractivity (Wildman–Crippen MR) is 109 cm³/mol. The lowest BCUT2D eigenvalue weighted by Crippen LogP contribution is -2.63.